The Labute approximate surface area is 177 Å². The first-order chi connectivity index (χ1) is 14.5. The maximum absolute atomic E-state index is 13.2. The van der Waals surface area contributed by atoms with E-state index in [2.05, 4.69) is 11.0 Å². The van der Waals surface area contributed by atoms with Gasteiger partial charge < -0.3 is 13.9 Å². The number of carbonyl (C=O) groups is 1. The molecule has 1 amide bonds. The lowest BCUT2D eigenvalue weighted by molar-refractivity contribution is 0.0592. The highest BCUT2D eigenvalue weighted by Gasteiger charge is 2.37. The van der Waals surface area contributed by atoms with Crippen LogP contribution in [0.5, 0.6) is 0 Å². The Kier molecular flexibility index (Phi) is 5.05. The zero-order valence-corrected chi connectivity index (χ0v) is 18.0. The summed E-state index contributed by atoms with van der Waals surface area (Å²) in [5.74, 6) is 2.07. The number of amides is 1. The molecule has 3 aliphatic heterocycles. The third-order valence-electron chi connectivity index (χ3n) is 7.08. The molecule has 5 heterocycles. The number of rotatable bonds is 3. The molecule has 2 aromatic heterocycles. The Morgan fingerprint density at radius 3 is 2.63 bits per heavy atom. The first-order valence-electron chi connectivity index (χ1n) is 11.3. The Morgan fingerprint density at radius 1 is 1.10 bits per heavy atom. The standard InChI is InChI=1S/C24H31N3O3/c1-16-10-21(17(2)30-16)24(29)26-12-18-11-20(15-26)22-7-6-19(23(28)27(22)13-18)14-25-8-4-3-5-9-25/h6-7,10,18,20H,3-5,8-9,11-15H2,1-2H3/t18-,20+/m0/s1. The van der Waals surface area contributed by atoms with E-state index >= 15 is 0 Å². The van der Waals surface area contributed by atoms with Gasteiger partial charge in [0.05, 0.1) is 5.56 Å². The molecule has 2 bridgehead atoms. The molecule has 0 unspecified atom stereocenters. The molecule has 0 aromatic carbocycles. The minimum Gasteiger partial charge on any atom is -0.466 e. The Morgan fingerprint density at radius 2 is 1.90 bits per heavy atom. The molecule has 2 atom stereocenters. The second kappa shape index (κ2) is 7.73. The summed E-state index contributed by atoms with van der Waals surface area (Å²) in [4.78, 5) is 30.7. The molecule has 2 fully saturated rings. The van der Waals surface area contributed by atoms with Gasteiger partial charge in [-0.3, -0.25) is 14.5 Å². The average molecular weight is 410 g/mol. The molecule has 6 nitrogen and oxygen atoms in total. The normalized spacial score (nSPS) is 24.0. The molecule has 0 N–H and O–H groups in total. The number of likely N-dealkylation sites (tertiary alicyclic amines) is 2. The highest BCUT2D eigenvalue weighted by molar-refractivity contribution is 5.95. The maximum atomic E-state index is 13.2. The van der Waals surface area contributed by atoms with Gasteiger partial charge >= 0.3 is 0 Å². The van der Waals surface area contributed by atoms with Crippen molar-refractivity contribution >= 4 is 5.91 Å². The van der Waals surface area contributed by atoms with E-state index in [1.165, 1.54) is 19.3 Å². The van der Waals surface area contributed by atoms with Crippen molar-refractivity contribution in [2.75, 3.05) is 26.2 Å². The molecular formula is C24H31N3O3. The van der Waals surface area contributed by atoms with Crippen LogP contribution in [0.1, 0.15) is 64.7 Å². The van der Waals surface area contributed by atoms with Crippen molar-refractivity contribution in [2.45, 2.75) is 58.5 Å². The van der Waals surface area contributed by atoms with Crippen LogP contribution < -0.4 is 5.56 Å². The quantitative estimate of drug-likeness (QED) is 0.781. The van der Waals surface area contributed by atoms with E-state index in [-0.39, 0.29) is 17.4 Å². The number of nitrogens with zero attached hydrogens (tertiary/aromatic N) is 3. The summed E-state index contributed by atoms with van der Waals surface area (Å²) in [6, 6.07) is 6.02. The summed E-state index contributed by atoms with van der Waals surface area (Å²) in [6.45, 7) is 8.77. The molecule has 0 aliphatic carbocycles. The van der Waals surface area contributed by atoms with Crippen molar-refractivity contribution in [1.29, 1.82) is 0 Å². The Bertz CT molecular complexity index is 1020. The minimum atomic E-state index is 0.0524. The summed E-state index contributed by atoms with van der Waals surface area (Å²) in [5, 5.41) is 0. The van der Waals surface area contributed by atoms with Gasteiger partial charge in [-0.05, 0) is 64.3 Å². The van der Waals surface area contributed by atoms with Gasteiger partial charge in [0, 0.05) is 43.4 Å². The number of carbonyl (C=O) groups excluding carboxylic acids is 1. The molecule has 2 aromatic rings. The second-order valence-electron chi connectivity index (χ2n) is 9.37. The highest BCUT2D eigenvalue weighted by Crippen LogP contribution is 2.36. The molecule has 0 spiro atoms. The molecule has 0 radical (unpaired) electrons. The van der Waals surface area contributed by atoms with E-state index in [1.54, 1.807) is 0 Å². The first-order valence-corrected chi connectivity index (χ1v) is 11.3. The van der Waals surface area contributed by atoms with Crippen LogP contribution in [-0.4, -0.2) is 46.5 Å². The predicted octanol–water partition coefficient (Wildman–Crippen LogP) is 3.30. The molecule has 5 rings (SSSR count). The number of hydrogen-bond acceptors (Lipinski definition) is 4. The second-order valence-corrected chi connectivity index (χ2v) is 9.37. The van der Waals surface area contributed by atoms with Crippen LogP contribution in [0.15, 0.2) is 27.4 Å². The molecule has 3 aliphatic rings. The van der Waals surface area contributed by atoms with Crippen LogP contribution in [0.4, 0.5) is 0 Å². The number of aromatic nitrogens is 1. The van der Waals surface area contributed by atoms with Crippen LogP contribution >= 0.6 is 0 Å². The van der Waals surface area contributed by atoms with E-state index in [9.17, 15) is 9.59 Å². The molecule has 6 heteroatoms. The van der Waals surface area contributed by atoms with Crippen LogP contribution in [0, 0.1) is 19.8 Å². The van der Waals surface area contributed by atoms with E-state index in [1.807, 2.05) is 35.4 Å². The third-order valence-corrected chi connectivity index (χ3v) is 7.08. The lowest BCUT2D eigenvalue weighted by atomic mass is 9.82. The van der Waals surface area contributed by atoms with Gasteiger partial charge in [-0.25, -0.2) is 0 Å². The molecule has 2 saturated heterocycles. The van der Waals surface area contributed by atoms with Crippen LogP contribution in [0.2, 0.25) is 0 Å². The van der Waals surface area contributed by atoms with Gasteiger partial charge in [0.25, 0.3) is 11.5 Å². The number of aryl methyl sites for hydroxylation is 2. The Hall–Kier alpha value is -2.34. The fraction of sp³-hybridized carbons (Fsp3) is 0.583. The van der Waals surface area contributed by atoms with Gasteiger partial charge in [0.15, 0.2) is 0 Å². The SMILES string of the molecule is Cc1cc(C(=O)N2C[C@@H]3C[C@H](C2)c2ccc(CN4CCCCC4)c(=O)n2C3)c(C)o1. The molecular weight excluding hydrogens is 378 g/mol. The maximum Gasteiger partial charge on any atom is 0.257 e. The molecule has 160 valence electrons. The monoisotopic (exact) mass is 409 g/mol. The largest absolute Gasteiger partial charge is 0.466 e. The summed E-state index contributed by atoms with van der Waals surface area (Å²) < 4.78 is 7.58. The van der Waals surface area contributed by atoms with E-state index in [4.69, 9.17) is 4.42 Å². The van der Waals surface area contributed by atoms with Crippen molar-refractivity contribution < 1.29 is 9.21 Å². The van der Waals surface area contributed by atoms with E-state index < -0.39 is 0 Å². The molecule has 0 saturated carbocycles. The number of pyridine rings is 1. The predicted molar refractivity (Wildman–Crippen MR) is 115 cm³/mol. The van der Waals surface area contributed by atoms with Gasteiger partial charge in [-0.2, -0.15) is 0 Å². The van der Waals surface area contributed by atoms with Crippen LogP contribution in [-0.2, 0) is 13.1 Å². The van der Waals surface area contributed by atoms with Crippen molar-refractivity contribution in [2.24, 2.45) is 5.92 Å². The number of hydrogen-bond donors (Lipinski definition) is 0. The Balaban J connectivity index is 1.37. The van der Waals surface area contributed by atoms with E-state index in [0.29, 0.717) is 36.9 Å². The summed E-state index contributed by atoms with van der Waals surface area (Å²) >= 11 is 0. The summed E-state index contributed by atoms with van der Waals surface area (Å²) in [7, 11) is 0. The van der Waals surface area contributed by atoms with Gasteiger partial charge in [-0.15, -0.1) is 0 Å². The van der Waals surface area contributed by atoms with Gasteiger partial charge in [0.1, 0.15) is 11.5 Å². The van der Waals surface area contributed by atoms with E-state index in [0.717, 1.165) is 43.1 Å². The third kappa shape index (κ3) is 3.51. The first kappa shape index (κ1) is 19.6. The topological polar surface area (TPSA) is 58.7 Å². The van der Waals surface area contributed by atoms with Gasteiger partial charge in [-0.1, -0.05) is 12.5 Å². The van der Waals surface area contributed by atoms with Crippen molar-refractivity contribution in [1.82, 2.24) is 14.4 Å². The minimum absolute atomic E-state index is 0.0524. The van der Waals surface area contributed by atoms with Gasteiger partial charge in [0.2, 0.25) is 0 Å². The lowest BCUT2D eigenvalue weighted by Crippen LogP contribution is -2.49. The van der Waals surface area contributed by atoms with Crippen molar-refractivity contribution in [3.63, 3.8) is 0 Å². The lowest BCUT2D eigenvalue weighted by Gasteiger charge is -2.43. The summed E-state index contributed by atoms with van der Waals surface area (Å²) in [5.41, 5.74) is 2.85. The average Bonchev–Trinajstić information content (AvgIpc) is 3.08. The van der Waals surface area contributed by atoms with Crippen molar-refractivity contribution in [3.05, 3.63) is 56.9 Å². The fourth-order valence-electron chi connectivity index (χ4n) is 5.65. The number of piperidine rings is 2. The number of fused-ring (bicyclic) bond motifs is 4. The zero-order valence-electron chi connectivity index (χ0n) is 18.0. The number of furan rings is 1. The molecule has 30 heavy (non-hydrogen) atoms. The summed E-state index contributed by atoms with van der Waals surface area (Å²) in [6.07, 6.45) is 4.82. The fourth-order valence-corrected chi connectivity index (χ4v) is 5.65. The van der Waals surface area contributed by atoms with Crippen LogP contribution in [0.25, 0.3) is 0 Å². The smallest absolute Gasteiger partial charge is 0.257 e. The van der Waals surface area contributed by atoms with Crippen LogP contribution in [0.3, 0.4) is 0 Å². The van der Waals surface area contributed by atoms with Crippen molar-refractivity contribution in [3.8, 4) is 0 Å². The zero-order chi connectivity index (χ0) is 20.8. The highest BCUT2D eigenvalue weighted by atomic mass is 16.3.